The van der Waals surface area contributed by atoms with Crippen molar-refractivity contribution in [3.05, 3.63) is 61.1 Å². The summed E-state index contributed by atoms with van der Waals surface area (Å²) in [5, 5.41) is 3.75. The number of nitrogens with one attached hydrogen (secondary N) is 1. The Kier molecular flexibility index (Phi) is 5.21. The van der Waals surface area contributed by atoms with E-state index in [0.29, 0.717) is 17.1 Å². The highest BCUT2D eigenvalue weighted by atomic mass is 16.1. The van der Waals surface area contributed by atoms with Crippen LogP contribution in [0.25, 0.3) is 22.2 Å². The molecular formula is C20H21N7O. The molecule has 0 saturated heterocycles. The number of aromatic nitrogens is 3. The van der Waals surface area contributed by atoms with Crippen molar-refractivity contribution in [3.8, 4) is 11.3 Å². The number of aliphatic imine (C=N–C) groups is 1. The van der Waals surface area contributed by atoms with Crippen LogP contribution in [0.15, 0.2) is 66.1 Å². The number of rotatable bonds is 5. The third-order valence-corrected chi connectivity index (χ3v) is 3.97. The average molecular weight is 375 g/mol. The average Bonchev–Trinajstić information content (AvgIpc) is 2.97. The van der Waals surface area contributed by atoms with Crippen molar-refractivity contribution in [1.29, 1.82) is 0 Å². The maximum absolute atomic E-state index is 11.5. The second kappa shape index (κ2) is 7.75. The van der Waals surface area contributed by atoms with Gasteiger partial charge in [0.2, 0.25) is 5.91 Å². The summed E-state index contributed by atoms with van der Waals surface area (Å²) in [4.78, 5) is 24.4. The molecule has 0 aliphatic rings. The number of amides is 1. The number of nitrogens with zero attached hydrogens (tertiary/aromatic N) is 4. The lowest BCUT2D eigenvalue weighted by atomic mass is 10.1. The van der Waals surface area contributed by atoms with Gasteiger partial charge in [-0.1, -0.05) is 12.6 Å². The van der Waals surface area contributed by atoms with E-state index in [1.807, 2.05) is 36.0 Å². The van der Waals surface area contributed by atoms with Gasteiger partial charge in [0.05, 0.1) is 11.2 Å². The molecule has 5 N–H and O–H groups in total. The third-order valence-electron chi connectivity index (χ3n) is 3.97. The maximum atomic E-state index is 11.5. The molecule has 3 rings (SSSR count). The van der Waals surface area contributed by atoms with Gasteiger partial charge in [-0.15, -0.1) is 0 Å². The van der Waals surface area contributed by atoms with Gasteiger partial charge in [0.1, 0.15) is 5.84 Å². The number of carbonyl (C=O) groups is 1. The minimum atomic E-state index is -0.258. The van der Waals surface area contributed by atoms with Crippen molar-refractivity contribution in [2.45, 2.75) is 6.92 Å². The van der Waals surface area contributed by atoms with Crippen LogP contribution in [0.1, 0.15) is 6.92 Å². The summed E-state index contributed by atoms with van der Waals surface area (Å²) in [5.74, 6) is 0.225. The van der Waals surface area contributed by atoms with Crippen LogP contribution in [0.4, 0.5) is 11.6 Å². The van der Waals surface area contributed by atoms with E-state index in [1.54, 1.807) is 25.3 Å². The van der Waals surface area contributed by atoms with Gasteiger partial charge in [0.25, 0.3) is 5.95 Å². The van der Waals surface area contributed by atoms with Crippen LogP contribution < -0.4 is 16.8 Å². The SMILES string of the molecule is C=CC(=O)Nc1ccc2c(-c3ccnc(/N=C(N)\C=C(\C)N)n3)cn(C)c2c1. The fraction of sp³-hybridized carbons (Fsp3) is 0.100. The van der Waals surface area contributed by atoms with Crippen molar-refractivity contribution in [2.24, 2.45) is 23.5 Å². The van der Waals surface area contributed by atoms with Gasteiger partial charge in [-0.3, -0.25) is 4.79 Å². The maximum Gasteiger partial charge on any atom is 0.251 e. The molecule has 1 amide bonds. The normalized spacial score (nSPS) is 12.2. The van der Waals surface area contributed by atoms with E-state index >= 15 is 0 Å². The fourth-order valence-corrected chi connectivity index (χ4v) is 2.79. The third kappa shape index (κ3) is 4.07. The Morgan fingerprint density at radius 2 is 2.11 bits per heavy atom. The van der Waals surface area contributed by atoms with Gasteiger partial charge < -0.3 is 21.4 Å². The van der Waals surface area contributed by atoms with Crippen molar-refractivity contribution in [3.63, 3.8) is 0 Å². The minimum Gasteiger partial charge on any atom is -0.402 e. The Labute approximate surface area is 162 Å². The first kappa shape index (κ1) is 18.8. The molecule has 2 aromatic heterocycles. The number of hydrogen-bond acceptors (Lipinski definition) is 5. The molecule has 0 atom stereocenters. The molecule has 8 nitrogen and oxygen atoms in total. The molecule has 0 radical (unpaired) electrons. The van der Waals surface area contributed by atoms with Crippen LogP contribution in [-0.4, -0.2) is 26.3 Å². The molecule has 3 aromatic rings. The highest BCUT2D eigenvalue weighted by molar-refractivity contribution is 6.02. The van der Waals surface area contributed by atoms with Crippen LogP contribution in [0.3, 0.4) is 0 Å². The second-order valence-corrected chi connectivity index (χ2v) is 6.25. The molecule has 1 aromatic carbocycles. The number of hydrogen-bond donors (Lipinski definition) is 3. The number of benzene rings is 1. The van der Waals surface area contributed by atoms with E-state index in [2.05, 4.69) is 26.9 Å². The second-order valence-electron chi connectivity index (χ2n) is 6.25. The lowest BCUT2D eigenvalue weighted by Crippen LogP contribution is -2.10. The molecule has 0 bridgehead atoms. The Morgan fingerprint density at radius 1 is 1.32 bits per heavy atom. The predicted molar refractivity (Wildman–Crippen MR) is 112 cm³/mol. The Bertz CT molecular complexity index is 1120. The Hall–Kier alpha value is -3.94. The highest BCUT2D eigenvalue weighted by Crippen LogP contribution is 2.31. The molecule has 0 unspecified atom stereocenters. The summed E-state index contributed by atoms with van der Waals surface area (Å²) >= 11 is 0. The van der Waals surface area contributed by atoms with Gasteiger partial charge in [0, 0.05) is 41.8 Å². The number of allylic oxidation sites excluding steroid dienone is 1. The van der Waals surface area contributed by atoms with Crippen molar-refractivity contribution in [2.75, 3.05) is 5.32 Å². The Balaban J connectivity index is 2.02. The quantitative estimate of drug-likeness (QED) is 0.359. The van der Waals surface area contributed by atoms with Gasteiger partial charge >= 0.3 is 0 Å². The van der Waals surface area contributed by atoms with E-state index in [0.717, 1.165) is 16.5 Å². The van der Waals surface area contributed by atoms with E-state index in [9.17, 15) is 4.79 Å². The number of anilines is 1. The number of nitrogens with two attached hydrogens (primary N) is 2. The zero-order chi connectivity index (χ0) is 20.3. The summed E-state index contributed by atoms with van der Waals surface area (Å²) in [6, 6.07) is 7.47. The van der Waals surface area contributed by atoms with E-state index in [4.69, 9.17) is 11.5 Å². The predicted octanol–water partition coefficient (Wildman–Crippen LogP) is 2.61. The summed E-state index contributed by atoms with van der Waals surface area (Å²) in [7, 11) is 1.93. The van der Waals surface area contributed by atoms with Crippen LogP contribution in [-0.2, 0) is 11.8 Å². The van der Waals surface area contributed by atoms with Crippen molar-refractivity contribution >= 4 is 34.3 Å². The van der Waals surface area contributed by atoms with Crippen LogP contribution in [0, 0.1) is 0 Å². The van der Waals surface area contributed by atoms with E-state index in [-0.39, 0.29) is 17.7 Å². The first-order valence-corrected chi connectivity index (χ1v) is 8.51. The highest BCUT2D eigenvalue weighted by Gasteiger charge is 2.12. The standard InChI is InChI=1S/C20H21N7O/c1-4-19(28)24-13-5-6-14-15(11-27(3)17(14)10-13)16-7-8-23-20(25-16)26-18(22)9-12(2)21/h4-11H,1,21H2,2-3H3,(H,24,28)(H2,22,23,25,26)/b12-9-. The number of fused-ring (bicyclic) bond motifs is 1. The van der Waals surface area contributed by atoms with Crippen molar-refractivity contribution in [1.82, 2.24) is 14.5 Å². The monoisotopic (exact) mass is 375 g/mol. The van der Waals surface area contributed by atoms with E-state index < -0.39 is 0 Å². The van der Waals surface area contributed by atoms with Gasteiger partial charge in [-0.2, -0.15) is 4.99 Å². The number of carbonyl (C=O) groups excluding carboxylic acids is 1. The summed E-state index contributed by atoms with van der Waals surface area (Å²) in [6.07, 6.45) is 6.38. The van der Waals surface area contributed by atoms with Crippen molar-refractivity contribution < 1.29 is 4.79 Å². The van der Waals surface area contributed by atoms with Crippen LogP contribution in [0.5, 0.6) is 0 Å². The molecule has 8 heteroatoms. The number of aryl methyl sites for hydroxylation is 1. The number of amidine groups is 1. The topological polar surface area (TPSA) is 124 Å². The van der Waals surface area contributed by atoms with Gasteiger partial charge in [0.15, 0.2) is 0 Å². The van der Waals surface area contributed by atoms with Gasteiger partial charge in [-0.25, -0.2) is 9.97 Å². The van der Waals surface area contributed by atoms with Gasteiger partial charge in [-0.05, 0) is 37.3 Å². The minimum absolute atomic E-state index is 0.234. The lowest BCUT2D eigenvalue weighted by Gasteiger charge is -2.04. The molecule has 142 valence electrons. The molecule has 2 heterocycles. The van der Waals surface area contributed by atoms with Crippen LogP contribution in [0.2, 0.25) is 0 Å². The fourth-order valence-electron chi connectivity index (χ4n) is 2.79. The first-order valence-electron chi connectivity index (χ1n) is 8.51. The molecule has 0 fully saturated rings. The molecule has 0 aliphatic carbocycles. The summed E-state index contributed by atoms with van der Waals surface area (Å²) in [6.45, 7) is 5.19. The first-order chi connectivity index (χ1) is 13.4. The van der Waals surface area contributed by atoms with E-state index in [1.165, 1.54) is 6.08 Å². The zero-order valence-corrected chi connectivity index (χ0v) is 15.7. The molecular weight excluding hydrogens is 354 g/mol. The largest absolute Gasteiger partial charge is 0.402 e. The molecule has 28 heavy (non-hydrogen) atoms. The molecule has 0 spiro atoms. The Morgan fingerprint density at radius 3 is 2.82 bits per heavy atom. The molecule has 0 aliphatic heterocycles. The molecule has 0 saturated carbocycles. The zero-order valence-electron chi connectivity index (χ0n) is 15.7. The summed E-state index contributed by atoms with van der Waals surface area (Å²) < 4.78 is 1.97. The summed E-state index contributed by atoms with van der Waals surface area (Å²) in [5.41, 5.74) is 15.2. The smallest absolute Gasteiger partial charge is 0.251 e. The lowest BCUT2D eigenvalue weighted by molar-refractivity contribution is -0.111. The van der Waals surface area contributed by atoms with Crippen LogP contribution >= 0.6 is 0 Å².